The quantitative estimate of drug-likeness (QED) is 0.287. The molecule has 0 spiro atoms. The highest BCUT2D eigenvalue weighted by Gasteiger charge is 2.15. The second-order valence-electron chi connectivity index (χ2n) is 5.39. The molecule has 2 aromatic carbocycles. The molecule has 0 saturated carbocycles. The molecule has 0 aliphatic carbocycles. The molecule has 3 aromatic rings. The summed E-state index contributed by atoms with van der Waals surface area (Å²) in [5.74, 6) is -0.850. The van der Waals surface area contributed by atoms with Gasteiger partial charge in [0.2, 0.25) is 5.78 Å². The third kappa shape index (κ3) is 4.36. The molecule has 6 heteroatoms. The van der Waals surface area contributed by atoms with E-state index in [1.807, 2.05) is 30.3 Å². The minimum absolute atomic E-state index is 0.0914. The van der Waals surface area contributed by atoms with Gasteiger partial charge in [-0.15, -0.1) is 0 Å². The van der Waals surface area contributed by atoms with Crippen LogP contribution in [-0.2, 0) is 0 Å². The van der Waals surface area contributed by atoms with Gasteiger partial charge in [0.05, 0.1) is 17.0 Å². The normalized spacial score (nSPS) is 11.9. The molecule has 1 heterocycles. The molecule has 0 aliphatic heterocycles. The van der Waals surface area contributed by atoms with Gasteiger partial charge >= 0.3 is 0 Å². The maximum Gasteiger partial charge on any atom is 0.209 e. The van der Waals surface area contributed by atoms with Crippen molar-refractivity contribution in [2.45, 2.75) is 0 Å². The van der Waals surface area contributed by atoms with Gasteiger partial charge in [-0.05, 0) is 42.0 Å². The number of ketones is 1. The summed E-state index contributed by atoms with van der Waals surface area (Å²) in [4.78, 5) is 16.8. The summed E-state index contributed by atoms with van der Waals surface area (Å²) >= 11 is 9.19. The zero-order valence-corrected chi connectivity index (χ0v) is 15.8. The van der Waals surface area contributed by atoms with Crippen molar-refractivity contribution < 1.29 is 9.18 Å². The Morgan fingerprint density at radius 3 is 2.62 bits per heavy atom. The summed E-state index contributed by atoms with van der Waals surface area (Å²) in [5, 5.41) is -0.0914. The van der Waals surface area contributed by atoms with E-state index >= 15 is 0 Å². The van der Waals surface area contributed by atoms with Crippen molar-refractivity contribution >= 4 is 45.1 Å². The molecule has 130 valence electrons. The summed E-state index contributed by atoms with van der Waals surface area (Å²) < 4.78 is 16.0. The second-order valence-corrected chi connectivity index (χ2v) is 6.71. The van der Waals surface area contributed by atoms with Gasteiger partial charge in [0.15, 0.2) is 0 Å². The fraction of sp³-hybridized carbons (Fsp3) is 0. The van der Waals surface area contributed by atoms with Crippen LogP contribution in [0, 0.1) is 5.82 Å². The number of halogens is 3. The van der Waals surface area contributed by atoms with Gasteiger partial charge in [0, 0.05) is 22.4 Å². The molecule has 3 nitrogen and oxygen atoms in total. The molecule has 0 fully saturated rings. The van der Waals surface area contributed by atoms with Crippen LogP contribution in [0.4, 0.5) is 4.39 Å². The van der Waals surface area contributed by atoms with Crippen LogP contribution in [0.15, 0.2) is 77.8 Å². The molecule has 0 radical (unpaired) electrons. The molecule has 1 aromatic heterocycles. The molecule has 0 N–H and O–H groups in total. The SMILES string of the molecule is O=C(/C(=C/C=C/c1ccc(Br)cc1)n1ccnc1)c1ccc(F)c(Cl)c1. The highest BCUT2D eigenvalue weighted by molar-refractivity contribution is 9.10. The van der Waals surface area contributed by atoms with E-state index < -0.39 is 5.82 Å². The van der Waals surface area contributed by atoms with Gasteiger partial charge in [0.1, 0.15) is 5.82 Å². The number of benzene rings is 2. The van der Waals surface area contributed by atoms with Crippen LogP contribution in [0.3, 0.4) is 0 Å². The fourth-order valence-electron chi connectivity index (χ4n) is 2.29. The maximum absolute atomic E-state index is 13.4. The molecule has 0 amide bonds. The third-order valence-corrected chi connectivity index (χ3v) is 4.43. The van der Waals surface area contributed by atoms with E-state index in [0.29, 0.717) is 11.3 Å². The molecular weight excluding hydrogens is 419 g/mol. The van der Waals surface area contributed by atoms with Gasteiger partial charge in [-0.1, -0.05) is 51.8 Å². The van der Waals surface area contributed by atoms with E-state index in [9.17, 15) is 9.18 Å². The van der Waals surface area contributed by atoms with E-state index in [4.69, 9.17) is 11.6 Å². The maximum atomic E-state index is 13.4. The van der Waals surface area contributed by atoms with Crippen molar-refractivity contribution in [2.75, 3.05) is 0 Å². The number of carbonyl (C=O) groups excluding carboxylic acids is 1. The van der Waals surface area contributed by atoms with Crippen LogP contribution >= 0.6 is 27.5 Å². The number of allylic oxidation sites excluding steroid dienone is 3. The highest BCUT2D eigenvalue weighted by Crippen LogP contribution is 2.20. The smallest absolute Gasteiger partial charge is 0.209 e. The molecule has 3 rings (SSSR count). The standard InChI is InChI=1S/C20H13BrClFN2O/c21-16-7-4-14(5-8-16)2-1-3-19(25-11-10-24-13-25)20(26)15-6-9-18(23)17(22)12-15/h1-13H/b2-1+,19-3-. The van der Waals surface area contributed by atoms with Crippen LogP contribution in [-0.4, -0.2) is 15.3 Å². The molecule has 0 atom stereocenters. The number of Topliss-reactive ketones (excluding diaryl/α,β-unsaturated/α-hetero) is 1. The first-order valence-corrected chi connectivity index (χ1v) is 8.84. The summed E-state index contributed by atoms with van der Waals surface area (Å²) in [5.41, 5.74) is 1.67. The van der Waals surface area contributed by atoms with Crippen LogP contribution in [0.5, 0.6) is 0 Å². The van der Waals surface area contributed by atoms with Crippen molar-refractivity contribution in [3.63, 3.8) is 0 Å². The summed E-state index contributed by atoms with van der Waals surface area (Å²) in [7, 11) is 0. The lowest BCUT2D eigenvalue weighted by molar-refractivity contribution is 0.105. The first kappa shape index (κ1) is 18.3. The number of rotatable bonds is 5. The molecule has 0 saturated heterocycles. The van der Waals surface area contributed by atoms with Gasteiger partial charge in [-0.2, -0.15) is 0 Å². The van der Waals surface area contributed by atoms with Crippen LogP contribution in [0.2, 0.25) is 5.02 Å². The lowest BCUT2D eigenvalue weighted by Gasteiger charge is -2.07. The number of hydrogen-bond donors (Lipinski definition) is 0. The number of imidazole rings is 1. The van der Waals surface area contributed by atoms with E-state index in [0.717, 1.165) is 10.0 Å². The van der Waals surface area contributed by atoms with E-state index in [2.05, 4.69) is 20.9 Å². The van der Waals surface area contributed by atoms with Gasteiger partial charge in [-0.3, -0.25) is 4.79 Å². The minimum Gasteiger partial charge on any atom is -0.303 e. The zero-order chi connectivity index (χ0) is 18.5. The average molecular weight is 432 g/mol. The number of aromatic nitrogens is 2. The topological polar surface area (TPSA) is 34.9 Å². The molecule has 0 unspecified atom stereocenters. The summed E-state index contributed by atoms with van der Waals surface area (Å²) in [6.07, 6.45) is 10.1. The van der Waals surface area contributed by atoms with E-state index in [1.165, 1.54) is 24.5 Å². The Labute approximate surface area is 163 Å². The predicted molar refractivity (Wildman–Crippen MR) is 105 cm³/mol. The Balaban J connectivity index is 1.93. The highest BCUT2D eigenvalue weighted by atomic mass is 79.9. The lowest BCUT2D eigenvalue weighted by Crippen LogP contribution is -2.08. The first-order valence-electron chi connectivity index (χ1n) is 7.66. The Kier molecular flexibility index (Phi) is 5.81. The Hall–Kier alpha value is -2.50. The monoisotopic (exact) mass is 430 g/mol. The fourth-order valence-corrected chi connectivity index (χ4v) is 2.74. The lowest BCUT2D eigenvalue weighted by atomic mass is 10.1. The summed E-state index contributed by atoms with van der Waals surface area (Å²) in [6, 6.07) is 11.7. The number of hydrogen-bond acceptors (Lipinski definition) is 2. The predicted octanol–water partition coefficient (Wildman–Crippen LogP) is 5.88. The summed E-state index contributed by atoms with van der Waals surface area (Å²) in [6.45, 7) is 0. The van der Waals surface area contributed by atoms with Crippen LogP contribution in [0.1, 0.15) is 15.9 Å². The Morgan fingerprint density at radius 1 is 1.19 bits per heavy atom. The van der Waals surface area contributed by atoms with Crippen molar-refractivity contribution in [3.05, 3.63) is 99.8 Å². The van der Waals surface area contributed by atoms with Crippen molar-refractivity contribution in [3.8, 4) is 0 Å². The van der Waals surface area contributed by atoms with E-state index in [-0.39, 0.29) is 10.8 Å². The van der Waals surface area contributed by atoms with Crippen molar-refractivity contribution in [1.82, 2.24) is 9.55 Å². The Bertz CT molecular complexity index is 980. The van der Waals surface area contributed by atoms with Gasteiger partial charge in [0.25, 0.3) is 0 Å². The van der Waals surface area contributed by atoms with E-state index in [1.54, 1.807) is 29.1 Å². The molecule has 26 heavy (non-hydrogen) atoms. The van der Waals surface area contributed by atoms with Crippen LogP contribution in [0.25, 0.3) is 11.8 Å². The second kappa shape index (κ2) is 8.25. The minimum atomic E-state index is -0.563. The first-order chi connectivity index (χ1) is 12.5. The third-order valence-electron chi connectivity index (χ3n) is 3.61. The molecular formula is C20H13BrClFN2O. The largest absolute Gasteiger partial charge is 0.303 e. The molecule has 0 bridgehead atoms. The number of carbonyl (C=O) groups is 1. The van der Waals surface area contributed by atoms with Crippen molar-refractivity contribution in [1.29, 1.82) is 0 Å². The van der Waals surface area contributed by atoms with Gasteiger partial charge in [-0.25, -0.2) is 9.37 Å². The average Bonchev–Trinajstić information content (AvgIpc) is 3.16. The zero-order valence-electron chi connectivity index (χ0n) is 13.4. The van der Waals surface area contributed by atoms with Crippen molar-refractivity contribution in [2.24, 2.45) is 0 Å². The van der Waals surface area contributed by atoms with Gasteiger partial charge < -0.3 is 4.57 Å². The van der Waals surface area contributed by atoms with Crippen LogP contribution < -0.4 is 0 Å². The molecule has 0 aliphatic rings. The Morgan fingerprint density at radius 2 is 1.96 bits per heavy atom. The number of nitrogens with zero attached hydrogens (tertiary/aromatic N) is 2.